The lowest BCUT2D eigenvalue weighted by Gasteiger charge is -2.21. The van der Waals surface area contributed by atoms with Gasteiger partial charge in [-0.3, -0.25) is 10.1 Å². The molecule has 16 heavy (non-hydrogen) atoms. The number of carboxylic acids is 1. The maximum Gasteiger partial charge on any atom is 0.320 e. The average molecular weight is 290 g/mol. The predicted molar refractivity (Wildman–Crippen MR) is 64.2 cm³/mol. The summed E-state index contributed by atoms with van der Waals surface area (Å²) in [4.78, 5) is 11.0. The van der Waals surface area contributed by atoms with E-state index in [0.29, 0.717) is 4.67 Å². The summed E-state index contributed by atoms with van der Waals surface area (Å²) in [6.45, 7) is 5.62. The third kappa shape index (κ3) is 3.35. The lowest BCUT2D eigenvalue weighted by Crippen LogP contribution is -2.42. The molecule has 0 aliphatic heterocycles. The van der Waals surface area contributed by atoms with Crippen molar-refractivity contribution < 1.29 is 14.3 Å². The first-order chi connectivity index (χ1) is 7.41. The molecule has 0 aliphatic rings. The third-order valence-corrected chi connectivity index (χ3v) is 2.81. The van der Waals surface area contributed by atoms with Gasteiger partial charge in [0.25, 0.3) is 0 Å². The zero-order valence-electron chi connectivity index (χ0n) is 9.53. The van der Waals surface area contributed by atoms with Gasteiger partial charge in [0.15, 0.2) is 4.67 Å². The zero-order chi connectivity index (χ0) is 12.3. The van der Waals surface area contributed by atoms with E-state index in [1.54, 1.807) is 6.07 Å². The first kappa shape index (κ1) is 13.3. The number of carbonyl (C=O) groups is 1. The molecular weight excluding hydrogens is 274 g/mol. The molecular formula is C11H16BrNO3. The van der Waals surface area contributed by atoms with Gasteiger partial charge in [-0.05, 0) is 40.9 Å². The van der Waals surface area contributed by atoms with Gasteiger partial charge in [0.05, 0.1) is 6.04 Å². The fourth-order valence-corrected chi connectivity index (χ4v) is 1.78. The molecule has 0 aromatic carbocycles. The molecule has 0 saturated heterocycles. The Balaban J connectivity index is 2.68. The summed E-state index contributed by atoms with van der Waals surface area (Å²) in [5, 5.41) is 12.1. The smallest absolute Gasteiger partial charge is 0.320 e. The maximum atomic E-state index is 11.0. The molecule has 0 radical (unpaired) electrons. The molecule has 2 atom stereocenters. The Morgan fingerprint density at radius 3 is 2.44 bits per heavy atom. The highest BCUT2D eigenvalue weighted by atomic mass is 79.9. The van der Waals surface area contributed by atoms with E-state index in [2.05, 4.69) is 21.2 Å². The fraction of sp³-hybridized carbons (Fsp3) is 0.545. The van der Waals surface area contributed by atoms with Crippen LogP contribution in [0.5, 0.6) is 0 Å². The first-order valence-electron chi connectivity index (χ1n) is 5.16. The van der Waals surface area contributed by atoms with Crippen molar-refractivity contribution in [3.05, 3.63) is 22.6 Å². The predicted octanol–water partition coefficient (Wildman–Crippen LogP) is 2.80. The second-order valence-corrected chi connectivity index (χ2v) is 4.87. The molecule has 0 bridgehead atoms. The number of rotatable bonds is 5. The van der Waals surface area contributed by atoms with Gasteiger partial charge >= 0.3 is 5.97 Å². The summed E-state index contributed by atoms with van der Waals surface area (Å²) < 4.78 is 6.01. The number of hydrogen-bond acceptors (Lipinski definition) is 3. The van der Waals surface area contributed by atoms with E-state index >= 15 is 0 Å². The van der Waals surface area contributed by atoms with Crippen LogP contribution in [0.4, 0.5) is 0 Å². The molecule has 2 N–H and O–H groups in total. The third-order valence-electron chi connectivity index (χ3n) is 2.38. The van der Waals surface area contributed by atoms with E-state index in [1.165, 1.54) is 0 Å². The van der Waals surface area contributed by atoms with E-state index < -0.39 is 12.0 Å². The van der Waals surface area contributed by atoms with E-state index in [9.17, 15) is 4.79 Å². The van der Waals surface area contributed by atoms with Crippen LogP contribution >= 0.6 is 15.9 Å². The molecule has 90 valence electrons. The van der Waals surface area contributed by atoms with E-state index in [4.69, 9.17) is 9.52 Å². The van der Waals surface area contributed by atoms with Crippen LogP contribution in [0.25, 0.3) is 0 Å². The minimum Gasteiger partial charge on any atom is -0.480 e. The van der Waals surface area contributed by atoms with Gasteiger partial charge < -0.3 is 9.52 Å². The van der Waals surface area contributed by atoms with E-state index in [0.717, 1.165) is 5.76 Å². The number of halogens is 1. The quantitative estimate of drug-likeness (QED) is 0.875. The number of furan rings is 1. The van der Waals surface area contributed by atoms with Gasteiger partial charge in [-0.1, -0.05) is 13.8 Å². The SMILES string of the molecule is CC(NC(C(=O)O)C(C)C)c1ccc(Br)o1. The molecule has 1 rings (SSSR count). The summed E-state index contributed by atoms with van der Waals surface area (Å²) in [6.07, 6.45) is 0. The van der Waals surface area contributed by atoms with Crippen LogP contribution in [-0.2, 0) is 4.79 Å². The highest BCUT2D eigenvalue weighted by molar-refractivity contribution is 9.10. The molecule has 0 spiro atoms. The minimum absolute atomic E-state index is 0.0263. The molecule has 0 aliphatic carbocycles. The Morgan fingerprint density at radius 2 is 2.06 bits per heavy atom. The Kier molecular flexibility index (Phi) is 4.56. The van der Waals surface area contributed by atoms with Crippen molar-refractivity contribution in [2.24, 2.45) is 5.92 Å². The fourth-order valence-electron chi connectivity index (χ4n) is 1.46. The van der Waals surface area contributed by atoms with Crippen LogP contribution < -0.4 is 5.32 Å². The van der Waals surface area contributed by atoms with Crippen LogP contribution in [0.2, 0.25) is 0 Å². The van der Waals surface area contributed by atoms with Crippen LogP contribution in [0.1, 0.15) is 32.6 Å². The topological polar surface area (TPSA) is 62.5 Å². The van der Waals surface area contributed by atoms with Crippen LogP contribution in [0.3, 0.4) is 0 Å². The Labute approximate surface area is 103 Å². The summed E-state index contributed by atoms with van der Waals surface area (Å²) in [5.41, 5.74) is 0. The van der Waals surface area contributed by atoms with Crippen LogP contribution in [0.15, 0.2) is 21.2 Å². The molecule has 4 nitrogen and oxygen atoms in total. The van der Waals surface area contributed by atoms with Crippen molar-refractivity contribution in [3.63, 3.8) is 0 Å². The lowest BCUT2D eigenvalue weighted by molar-refractivity contribution is -0.140. The molecule has 1 heterocycles. The van der Waals surface area contributed by atoms with Crippen molar-refractivity contribution in [1.29, 1.82) is 0 Å². The number of hydrogen-bond donors (Lipinski definition) is 2. The van der Waals surface area contributed by atoms with Gasteiger partial charge in [-0.2, -0.15) is 0 Å². The monoisotopic (exact) mass is 289 g/mol. The highest BCUT2D eigenvalue weighted by Gasteiger charge is 2.24. The van der Waals surface area contributed by atoms with E-state index in [-0.39, 0.29) is 12.0 Å². The van der Waals surface area contributed by atoms with Gasteiger partial charge in [0, 0.05) is 0 Å². The number of carboxylic acid groups (broad SMARTS) is 1. The number of nitrogens with one attached hydrogen (secondary N) is 1. The molecule has 0 saturated carbocycles. The molecule has 0 amide bonds. The van der Waals surface area contributed by atoms with Gasteiger partial charge in [-0.15, -0.1) is 0 Å². The van der Waals surface area contributed by atoms with Crippen molar-refractivity contribution in [3.8, 4) is 0 Å². The average Bonchev–Trinajstić information content (AvgIpc) is 2.59. The second-order valence-electron chi connectivity index (χ2n) is 4.09. The molecule has 0 fully saturated rings. The van der Waals surface area contributed by atoms with Crippen molar-refractivity contribution in [2.75, 3.05) is 0 Å². The first-order valence-corrected chi connectivity index (χ1v) is 5.95. The minimum atomic E-state index is -0.840. The van der Waals surface area contributed by atoms with Crippen molar-refractivity contribution in [2.45, 2.75) is 32.9 Å². The molecule has 2 unspecified atom stereocenters. The van der Waals surface area contributed by atoms with Crippen LogP contribution in [-0.4, -0.2) is 17.1 Å². The summed E-state index contributed by atoms with van der Waals surface area (Å²) >= 11 is 3.21. The summed E-state index contributed by atoms with van der Waals surface area (Å²) in [6, 6.07) is 2.91. The molecule has 5 heteroatoms. The molecule has 1 aromatic heterocycles. The standard InChI is InChI=1S/C11H16BrNO3/c1-6(2)10(11(14)15)13-7(3)8-4-5-9(12)16-8/h4-7,10,13H,1-3H3,(H,14,15). The zero-order valence-corrected chi connectivity index (χ0v) is 11.1. The Hall–Kier alpha value is -0.810. The maximum absolute atomic E-state index is 11.0. The van der Waals surface area contributed by atoms with E-state index in [1.807, 2.05) is 26.8 Å². The van der Waals surface area contributed by atoms with Crippen molar-refractivity contribution >= 4 is 21.9 Å². The van der Waals surface area contributed by atoms with Gasteiger partial charge in [0.1, 0.15) is 11.8 Å². The number of aliphatic carboxylic acids is 1. The Morgan fingerprint density at radius 1 is 1.44 bits per heavy atom. The van der Waals surface area contributed by atoms with Crippen LogP contribution in [0, 0.1) is 5.92 Å². The summed E-state index contributed by atoms with van der Waals surface area (Å²) in [7, 11) is 0. The Bertz CT molecular complexity index is 362. The highest BCUT2D eigenvalue weighted by Crippen LogP contribution is 2.21. The summed E-state index contributed by atoms with van der Waals surface area (Å²) in [5.74, 6) is -0.0930. The van der Waals surface area contributed by atoms with Crippen molar-refractivity contribution in [1.82, 2.24) is 5.32 Å². The normalized spacial score (nSPS) is 15.1. The lowest BCUT2D eigenvalue weighted by atomic mass is 10.0. The second kappa shape index (κ2) is 5.50. The van der Waals surface area contributed by atoms with Gasteiger partial charge in [-0.25, -0.2) is 0 Å². The van der Waals surface area contributed by atoms with Gasteiger partial charge in [0.2, 0.25) is 0 Å². The largest absolute Gasteiger partial charge is 0.480 e. The molecule has 1 aromatic rings.